The SMILES string of the molecule is CC(C)n1ncnc1CC(O)c1cc2c(s1)CCC2. The highest BCUT2D eigenvalue weighted by Gasteiger charge is 2.20. The lowest BCUT2D eigenvalue weighted by Gasteiger charge is -2.12. The number of rotatable bonds is 4. The molecule has 2 aromatic heterocycles. The van der Waals surface area contributed by atoms with E-state index in [1.54, 1.807) is 17.7 Å². The van der Waals surface area contributed by atoms with E-state index in [0.29, 0.717) is 6.42 Å². The molecule has 1 N–H and O–H groups in total. The fraction of sp³-hybridized carbons (Fsp3) is 0.571. The number of hydrogen-bond acceptors (Lipinski definition) is 4. The van der Waals surface area contributed by atoms with E-state index in [4.69, 9.17) is 0 Å². The summed E-state index contributed by atoms with van der Waals surface area (Å²) < 4.78 is 1.88. The zero-order chi connectivity index (χ0) is 13.4. The highest BCUT2D eigenvalue weighted by Crippen LogP contribution is 2.34. The molecule has 0 aliphatic heterocycles. The average molecular weight is 277 g/mol. The van der Waals surface area contributed by atoms with Gasteiger partial charge in [-0.25, -0.2) is 9.67 Å². The maximum atomic E-state index is 10.4. The van der Waals surface area contributed by atoms with Crippen LogP contribution in [-0.4, -0.2) is 19.9 Å². The van der Waals surface area contributed by atoms with E-state index < -0.39 is 6.10 Å². The van der Waals surface area contributed by atoms with E-state index >= 15 is 0 Å². The highest BCUT2D eigenvalue weighted by molar-refractivity contribution is 7.12. The average Bonchev–Trinajstić information content (AvgIpc) is 3.01. The Labute approximate surface area is 117 Å². The van der Waals surface area contributed by atoms with E-state index in [1.807, 2.05) is 4.68 Å². The number of fused-ring (bicyclic) bond motifs is 1. The molecule has 102 valence electrons. The molecule has 0 amide bonds. The minimum Gasteiger partial charge on any atom is -0.387 e. The number of thiophene rings is 1. The molecule has 4 nitrogen and oxygen atoms in total. The minimum atomic E-state index is -0.461. The number of aromatic nitrogens is 3. The first-order chi connectivity index (χ1) is 9.15. The zero-order valence-corrected chi connectivity index (χ0v) is 12.2. The van der Waals surface area contributed by atoms with Crippen molar-refractivity contribution in [3.8, 4) is 0 Å². The van der Waals surface area contributed by atoms with Crippen LogP contribution in [0.5, 0.6) is 0 Å². The summed E-state index contributed by atoms with van der Waals surface area (Å²) in [6.07, 6.45) is 5.25. The monoisotopic (exact) mass is 277 g/mol. The third kappa shape index (κ3) is 2.44. The fourth-order valence-electron chi connectivity index (χ4n) is 2.64. The Morgan fingerprint density at radius 2 is 2.26 bits per heavy atom. The first-order valence-electron chi connectivity index (χ1n) is 6.83. The van der Waals surface area contributed by atoms with Crippen molar-refractivity contribution in [1.82, 2.24) is 14.8 Å². The molecule has 2 aromatic rings. The molecule has 0 spiro atoms. The molecule has 0 saturated heterocycles. The van der Waals surface area contributed by atoms with Gasteiger partial charge in [-0.15, -0.1) is 11.3 Å². The summed E-state index contributed by atoms with van der Waals surface area (Å²) in [5.74, 6) is 0.857. The lowest BCUT2D eigenvalue weighted by atomic mass is 10.1. The molecule has 0 aromatic carbocycles. The largest absolute Gasteiger partial charge is 0.387 e. The lowest BCUT2D eigenvalue weighted by molar-refractivity contribution is 0.177. The van der Waals surface area contributed by atoms with Gasteiger partial charge in [-0.1, -0.05) is 0 Å². The molecular weight excluding hydrogens is 258 g/mol. The molecule has 1 atom stereocenters. The predicted octanol–water partition coefficient (Wildman–Crippen LogP) is 2.69. The number of aryl methyl sites for hydroxylation is 2. The van der Waals surface area contributed by atoms with E-state index in [-0.39, 0.29) is 6.04 Å². The van der Waals surface area contributed by atoms with Crippen molar-refractivity contribution in [2.24, 2.45) is 0 Å². The summed E-state index contributed by atoms with van der Waals surface area (Å²) in [5.41, 5.74) is 1.43. The maximum Gasteiger partial charge on any atom is 0.138 e. The van der Waals surface area contributed by atoms with Gasteiger partial charge in [0.05, 0.1) is 6.10 Å². The first kappa shape index (κ1) is 12.8. The topological polar surface area (TPSA) is 50.9 Å². The molecule has 5 heteroatoms. The van der Waals surface area contributed by atoms with Crippen molar-refractivity contribution < 1.29 is 5.11 Å². The molecule has 2 heterocycles. The number of aliphatic hydroxyl groups is 1. The number of nitrogens with zero attached hydrogens (tertiary/aromatic N) is 3. The van der Waals surface area contributed by atoms with Crippen LogP contribution in [0.3, 0.4) is 0 Å². The van der Waals surface area contributed by atoms with Crippen LogP contribution in [0, 0.1) is 0 Å². The van der Waals surface area contributed by atoms with Crippen LogP contribution in [0.25, 0.3) is 0 Å². The van der Waals surface area contributed by atoms with Crippen molar-refractivity contribution in [2.75, 3.05) is 0 Å². The number of hydrogen-bond donors (Lipinski definition) is 1. The van der Waals surface area contributed by atoms with Crippen LogP contribution in [-0.2, 0) is 19.3 Å². The standard InChI is InChI=1S/C14H19N3OS/c1-9(2)17-14(15-8-16-17)7-11(18)13-6-10-4-3-5-12(10)19-13/h6,8-9,11,18H,3-5,7H2,1-2H3. The van der Waals surface area contributed by atoms with Crippen LogP contribution in [0.4, 0.5) is 0 Å². The summed E-state index contributed by atoms with van der Waals surface area (Å²) >= 11 is 1.76. The van der Waals surface area contributed by atoms with Gasteiger partial charge < -0.3 is 5.11 Å². The van der Waals surface area contributed by atoms with Gasteiger partial charge in [0.15, 0.2) is 0 Å². The third-order valence-corrected chi connectivity index (χ3v) is 4.94. The minimum absolute atomic E-state index is 0.276. The second-order valence-corrected chi connectivity index (χ2v) is 6.55. The van der Waals surface area contributed by atoms with Gasteiger partial charge >= 0.3 is 0 Å². The number of aliphatic hydroxyl groups excluding tert-OH is 1. The highest BCUT2D eigenvalue weighted by atomic mass is 32.1. The second-order valence-electron chi connectivity index (χ2n) is 5.39. The van der Waals surface area contributed by atoms with E-state index in [2.05, 4.69) is 30.0 Å². The normalized spacial score (nSPS) is 16.0. The molecule has 0 saturated carbocycles. The lowest BCUT2D eigenvalue weighted by Crippen LogP contribution is -2.11. The maximum absolute atomic E-state index is 10.4. The Morgan fingerprint density at radius 3 is 3.00 bits per heavy atom. The smallest absolute Gasteiger partial charge is 0.138 e. The van der Waals surface area contributed by atoms with E-state index in [1.165, 1.54) is 29.7 Å². The van der Waals surface area contributed by atoms with Crippen molar-refractivity contribution in [3.63, 3.8) is 0 Å². The molecule has 0 fully saturated rings. The van der Waals surface area contributed by atoms with Crippen molar-refractivity contribution in [2.45, 2.75) is 51.7 Å². The molecule has 0 bridgehead atoms. The van der Waals surface area contributed by atoms with Crippen molar-refractivity contribution in [3.05, 3.63) is 33.5 Å². The molecule has 1 aliphatic carbocycles. The molecule has 3 rings (SSSR count). The molecular formula is C14H19N3OS. The van der Waals surface area contributed by atoms with Gasteiger partial charge in [0.2, 0.25) is 0 Å². The summed E-state index contributed by atoms with van der Waals surface area (Å²) in [6, 6.07) is 2.45. The Hall–Kier alpha value is -1.20. The summed E-state index contributed by atoms with van der Waals surface area (Å²) in [5, 5.41) is 14.6. The molecule has 1 unspecified atom stereocenters. The van der Waals surface area contributed by atoms with Gasteiger partial charge in [-0.3, -0.25) is 0 Å². The van der Waals surface area contributed by atoms with Gasteiger partial charge in [-0.2, -0.15) is 5.10 Å². The van der Waals surface area contributed by atoms with Crippen LogP contribution in [0.1, 0.15) is 53.6 Å². The third-order valence-electron chi connectivity index (χ3n) is 3.61. The van der Waals surface area contributed by atoms with Crippen molar-refractivity contribution in [1.29, 1.82) is 0 Å². The van der Waals surface area contributed by atoms with Crippen LogP contribution >= 0.6 is 11.3 Å². The Bertz CT molecular complexity index is 552. The summed E-state index contributed by atoms with van der Waals surface area (Å²) in [7, 11) is 0. The van der Waals surface area contributed by atoms with Crippen LogP contribution in [0.15, 0.2) is 12.4 Å². The Balaban J connectivity index is 1.77. The van der Waals surface area contributed by atoms with Gasteiger partial charge in [0.1, 0.15) is 12.2 Å². The van der Waals surface area contributed by atoms with Gasteiger partial charge in [0, 0.05) is 22.2 Å². The quantitative estimate of drug-likeness (QED) is 0.934. The second kappa shape index (κ2) is 5.06. The predicted molar refractivity (Wildman–Crippen MR) is 75.4 cm³/mol. The molecule has 19 heavy (non-hydrogen) atoms. The first-order valence-corrected chi connectivity index (χ1v) is 7.64. The van der Waals surface area contributed by atoms with Gasteiger partial charge in [0.25, 0.3) is 0 Å². The van der Waals surface area contributed by atoms with Crippen molar-refractivity contribution >= 4 is 11.3 Å². The van der Waals surface area contributed by atoms with Crippen LogP contribution in [0.2, 0.25) is 0 Å². The molecule has 1 aliphatic rings. The van der Waals surface area contributed by atoms with Gasteiger partial charge in [-0.05, 0) is 44.7 Å². The van der Waals surface area contributed by atoms with Crippen LogP contribution < -0.4 is 0 Å². The summed E-state index contributed by atoms with van der Waals surface area (Å²) in [6.45, 7) is 4.15. The Morgan fingerprint density at radius 1 is 1.42 bits per heavy atom. The Kier molecular flexibility index (Phi) is 3.41. The summed E-state index contributed by atoms with van der Waals surface area (Å²) in [4.78, 5) is 6.79. The zero-order valence-electron chi connectivity index (χ0n) is 11.3. The van der Waals surface area contributed by atoms with E-state index in [0.717, 1.165) is 10.7 Å². The van der Waals surface area contributed by atoms with E-state index in [9.17, 15) is 5.11 Å². The fourth-order valence-corrected chi connectivity index (χ4v) is 3.88. The molecule has 0 radical (unpaired) electrons.